The highest BCUT2D eigenvalue weighted by molar-refractivity contribution is 5.88. The number of unbranched alkanes of at least 4 members (excludes halogenated alkanes) is 10. The third-order valence-corrected chi connectivity index (χ3v) is 5.53. The Morgan fingerprint density at radius 2 is 1.15 bits per heavy atom. The van der Waals surface area contributed by atoms with E-state index in [0.717, 1.165) is 77.0 Å². The lowest BCUT2D eigenvalue weighted by Crippen LogP contribution is -2.00. The summed E-state index contributed by atoms with van der Waals surface area (Å²) in [5, 5.41) is 19.2. The second-order valence-corrected chi connectivity index (χ2v) is 8.94. The Balaban J connectivity index is 2.10. The molecule has 0 amide bonds. The number of aliphatic hydroxyl groups excluding tert-OH is 2. The van der Waals surface area contributed by atoms with Gasteiger partial charge in [0.25, 0.3) is 0 Å². The molecule has 0 bridgehead atoms. The quantitative estimate of drug-likeness (QED) is 0.110. The summed E-state index contributed by atoms with van der Waals surface area (Å²) >= 11 is 0. The molecular weight excluding hydrogens is 520 g/mol. The molecule has 1 rings (SSSR count). The molecule has 0 unspecified atom stereocenters. The van der Waals surface area contributed by atoms with Crippen LogP contribution < -0.4 is 0 Å². The van der Waals surface area contributed by atoms with Crippen molar-refractivity contribution in [3.8, 4) is 47.4 Å². The molecular formula is C34H40O7. The van der Waals surface area contributed by atoms with Crippen LogP contribution in [0.1, 0.15) is 88.6 Å². The summed E-state index contributed by atoms with van der Waals surface area (Å²) in [4.78, 5) is 21.8. The van der Waals surface area contributed by atoms with E-state index in [0.29, 0.717) is 11.5 Å². The number of rotatable bonds is 14. The van der Waals surface area contributed by atoms with E-state index in [4.69, 9.17) is 4.42 Å². The zero-order valence-electron chi connectivity index (χ0n) is 24.0. The van der Waals surface area contributed by atoms with Gasteiger partial charge in [0.1, 0.15) is 12.2 Å². The monoisotopic (exact) mass is 560 g/mol. The standard InChI is InChI=1S/C34H40O7/c1-39-33(37)27-23-29(35)19-15-11-7-3-5-9-13-17-21-31-25-26-32(41-31)22-18-14-10-6-4-8-12-16-20-30(36)24-28-34(38)40-2/h15-16,19-20,25-26,29-30,35-36H,3-14H2,1-2H3/b19-15+,20-16+/t29-,30-/m1/s1. The molecule has 0 spiro atoms. The lowest BCUT2D eigenvalue weighted by molar-refractivity contribution is -0.134. The largest absolute Gasteiger partial charge is 0.459 e. The first-order chi connectivity index (χ1) is 19.9. The zero-order valence-corrected chi connectivity index (χ0v) is 24.0. The van der Waals surface area contributed by atoms with Crippen LogP contribution in [0.15, 0.2) is 40.9 Å². The van der Waals surface area contributed by atoms with Crippen LogP contribution in [0, 0.1) is 47.4 Å². The molecule has 0 aliphatic rings. The number of aliphatic hydroxyl groups is 2. The number of hydrogen-bond acceptors (Lipinski definition) is 7. The Bertz CT molecular complexity index is 1130. The maximum absolute atomic E-state index is 10.9. The van der Waals surface area contributed by atoms with Crippen LogP contribution in [0.25, 0.3) is 0 Å². The minimum absolute atomic E-state index is 0.628. The fourth-order valence-corrected chi connectivity index (χ4v) is 3.34. The first kappa shape index (κ1) is 34.9. The third kappa shape index (κ3) is 20.4. The molecule has 0 aliphatic carbocycles. The molecule has 0 saturated heterocycles. The second kappa shape index (κ2) is 23.7. The molecule has 1 heterocycles. The normalized spacial score (nSPS) is 11.6. The Morgan fingerprint density at radius 3 is 1.56 bits per heavy atom. The Kier molecular flexibility index (Phi) is 20.2. The molecule has 1 aromatic heterocycles. The minimum atomic E-state index is -0.959. The Hall–Kier alpha value is -4.14. The number of allylic oxidation sites excluding steroid dienone is 2. The summed E-state index contributed by atoms with van der Waals surface area (Å²) in [6, 6.07) is 3.69. The van der Waals surface area contributed by atoms with E-state index in [1.807, 2.05) is 24.3 Å². The van der Waals surface area contributed by atoms with Gasteiger partial charge in [-0.1, -0.05) is 61.5 Å². The SMILES string of the molecule is COC(=O)C#C[C@H](O)/C=C/CCCCCCC#Cc1ccc(C#CCCCCCC/C=C/[C@@H](O)C#CC(=O)OC)o1. The van der Waals surface area contributed by atoms with Crippen molar-refractivity contribution in [3.05, 3.63) is 48.0 Å². The maximum Gasteiger partial charge on any atom is 0.384 e. The van der Waals surface area contributed by atoms with Crippen molar-refractivity contribution in [3.63, 3.8) is 0 Å². The second-order valence-electron chi connectivity index (χ2n) is 8.94. The van der Waals surface area contributed by atoms with Gasteiger partial charge in [-0.25, -0.2) is 9.59 Å². The van der Waals surface area contributed by atoms with Crippen molar-refractivity contribution in [2.24, 2.45) is 0 Å². The topological polar surface area (TPSA) is 106 Å². The minimum Gasteiger partial charge on any atom is -0.459 e. The summed E-state index contributed by atoms with van der Waals surface area (Å²) in [5.74, 6) is 21.5. The van der Waals surface area contributed by atoms with E-state index < -0.39 is 24.1 Å². The first-order valence-corrected chi connectivity index (χ1v) is 13.9. The van der Waals surface area contributed by atoms with Gasteiger partial charge in [0.15, 0.2) is 11.5 Å². The zero-order chi connectivity index (χ0) is 30.0. The van der Waals surface area contributed by atoms with Crippen LogP contribution >= 0.6 is 0 Å². The molecule has 41 heavy (non-hydrogen) atoms. The van der Waals surface area contributed by atoms with Gasteiger partial charge in [-0.05, 0) is 74.7 Å². The molecule has 0 aromatic carbocycles. The van der Waals surface area contributed by atoms with Crippen LogP contribution in [-0.2, 0) is 19.1 Å². The average Bonchev–Trinajstić information content (AvgIpc) is 3.43. The highest BCUT2D eigenvalue weighted by atomic mass is 16.5. The smallest absolute Gasteiger partial charge is 0.384 e. The highest BCUT2D eigenvalue weighted by Crippen LogP contribution is 2.09. The van der Waals surface area contributed by atoms with Gasteiger partial charge in [-0.2, -0.15) is 0 Å². The van der Waals surface area contributed by atoms with E-state index in [9.17, 15) is 19.8 Å². The average molecular weight is 561 g/mol. The van der Waals surface area contributed by atoms with Crippen molar-refractivity contribution in [1.82, 2.24) is 0 Å². The number of esters is 2. The van der Waals surface area contributed by atoms with E-state index in [1.54, 1.807) is 12.2 Å². The van der Waals surface area contributed by atoms with E-state index in [-0.39, 0.29) is 0 Å². The van der Waals surface area contributed by atoms with Gasteiger partial charge < -0.3 is 24.1 Å². The summed E-state index contributed by atoms with van der Waals surface area (Å²) in [6.07, 6.45) is 16.7. The van der Waals surface area contributed by atoms with Crippen molar-refractivity contribution in [1.29, 1.82) is 0 Å². The number of ether oxygens (including phenoxy) is 2. The lowest BCUT2D eigenvalue weighted by Gasteiger charge is -1.97. The van der Waals surface area contributed by atoms with Crippen molar-refractivity contribution < 1.29 is 33.7 Å². The van der Waals surface area contributed by atoms with Crippen LogP contribution in [0.4, 0.5) is 0 Å². The highest BCUT2D eigenvalue weighted by Gasteiger charge is 1.97. The molecule has 0 saturated carbocycles. The molecule has 0 fully saturated rings. The molecule has 7 nitrogen and oxygen atoms in total. The third-order valence-electron chi connectivity index (χ3n) is 5.53. The number of furan rings is 1. The molecule has 218 valence electrons. The van der Waals surface area contributed by atoms with Gasteiger partial charge in [-0.3, -0.25) is 0 Å². The van der Waals surface area contributed by atoms with Crippen molar-refractivity contribution >= 4 is 11.9 Å². The summed E-state index contributed by atoms with van der Waals surface area (Å²) in [5.41, 5.74) is 0. The molecule has 0 aliphatic heterocycles. The molecule has 7 heteroatoms. The predicted molar refractivity (Wildman–Crippen MR) is 158 cm³/mol. The molecule has 1 aromatic rings. The van der Waals surface area contributed by atoms with Gasteiger partial charge in [0.05, 0.1) is 14.2 Å². The summed E-state index contributed by atoms with van der Waals surface area (Å²) in [6.45, 7) is 0. The molecule has 2 N–H and O–H groups in total. The summed E-state index contributed by atoms with van der Waals surface area (Å²) in [7, 11) is 2.49. The fraction of sp³-hybridized carbons (Fsp3) is 0.471. The van der Waals surface area contributed by atoms with Crippen LogP contribution in [0.2, 0.25) is 0 Å². The fourth-order valence-electron chi connectivity index (χ4n) is 3.34. The Morgan fingerprint density at radius 1 is 0.732 bits per heavy atom. The maximum atomic E-state index is 10.9. The molecule has 2 atom stereocenters. The number of carbonyl (C=O) groups excluding carboxylic acids is 2. The van der Waals surface area contributed by atoms with E-state index in [1.165, 1.54) is 14.2 Å². The van der Waals surface area contributed by atoms with E-state index in [2.05, 4.69) is 56.8 Å². The van der Waals surface area contributed by atoms with Crippen molar-refractivity contribution in [2.45, 2.75) is 89.3 Å². The van der Waals surface area contributed by atoms with Gasteiger partial charge in [0, 0.05) is 24.7 Å². The first-order valence-electron chi connectivity index (χ1n) is 13.9. The van der Waals surface area contributed by atoms with Crippen LogP contribution in [0.3, 0.4) is 0 Å². The van der Waals surface area contributed by atoms with Crippen LogP contribution in [-0.4, -0.2) is 48.6 Å². The van der Waals surface area contributed by atoms with E-state index >= 15 is 0 Å². The lowest BCUT2D eigenvalue weighted by atomic mass is 10.1. The number of carbonyl (C=O) groups is 2. The molecule has 0 radical (unpaired) electrons. The Labute approximate surface area is 244 Å². The van der Waals surface area contributed by atoms with Crippen LogP contribution in [0.5, 0.6) is 0 Å². The van der Waals surface area contributed by atoms with Crippen molar-refractivity contribution in [2.75, 3.05) is 14.2 Å². The predicted octanol–water partition coefficient (Wildman–Crippen LogP) is 4.85. The van der Waals surface area contributed by atoms with Gasteiger partial charge >= 0.3 is 11.9 Å². The number of hydrogen-bond donors (Lipinski definition) is 2. The summed E-state index contributed by atoms with van der Waals surface area (Å²) < 4.78 is 14.4. The number of methoxy groups -OCH3 is 2. The van der Waals surface area contributed by atoms with Gasteiger partial charge in [-0.15, -0.1) is 0 Å². The van der Waals surface area contributed by atoms with Gasteiger partial charge in [0.2, 0.25) is 0 Å².